The Labute approximate surface area is 150 Å². The van der Waals surface area contributed by atoms with Gasteiger partial charge in [-0.25, -0.2) is 9.97 Å². The average molecular weight is 352 g/mol. The van der Waals surface area contributed by atoms with Gasteiger partial charge >= 0.3 is 0 Å². The molecule has 1 fully saturated rings. The summed E-state index contributed by atoms with van der Waals surface area (Å²) < 4.78 is 0. The predicted octanol–water partition coefficient (Wildman–Crippen LogP) is 3.55. The number of nitrogens with one attached hydrogen (secondary N) is 2. The second-order valence-electron chi connectivity index (χ2n) is 6.37. The zero-order chi connectivity index (χ0) is 17.2. The van der Waals surface area contributed by atoms with E-state index in [0.29, 0.717) is 6.04 Å². The molecule has 1 amide bonds. The highest BCUT2D eigenvalue weighted by molar-refractivity contribution is 7.20. The minimum Gasteiger partial charge on any atom is -0.369 e. The van der Waals surface area contributed by atoms with Gasteiger partial charge < -0.3 is 10.6 Å². The van der Waals surface area contributed by atoms with E-state index in [0.717, 1.165) is 52.3 Å². The number of amides is 1. The van der Waals surface area contributed by atoms with Gasteiger partial charge in [-0.15, -0.1) is 11.3 Å². The Morgan fingerprint density at radius 1 is 1.24 bits per heavy atom. The zero-order valence-electron chi connectivity index (χ0n) is 14.1. The summed E-state index contributed by atoms with van der Waals surface area (Å²) in [5.41, 5.74) is 2.24. The lowest BCUT2D eigenvalue weighted by Gasteiger charge is -2.07. The van der Waals surface area contributed by atoms with Crippen molar-refractivity contribution in [3.05, 3.63) is 52.7 Å². The first-order valence-corrected chi connectivity index (χ1v) is 9.37. The summed E-state index contributed by atoms with van der Waals surface area (Å²) in [6, 6.07) is 10.7. The van der Waals surface area contributed by atoms with Crippen LogP contribution in [0.15, 0.2) is 36.7 Å². The highest BCUT2D eigenvalue weighted by Crippen LogP contribution is 2.33. The number of anilines is 1. The Balaban J connectivity index is 1.54. The largest absolute Gasteiger partial charge is 0.369 e. The number of thiophene rings is 1. The molecule has 3 aromatic rings. The Morgan fingerprint density at radius 2 is 2.04 bits per heavy atom. The van der Waals surface area contributed by atoms with E-state index in [-0.39, 0.29) is 5.91 Å². The molecule has 1 aromatic carbocycles. The molecule has 0 radical (unpaired) electrons. The zero-order valence-corrected chi connectivity index (χ0v) is 14.9. The van der Waals surface area contributed by atoms with E-state index < -0.39 is 0 Å². The van der Waals surface area contributed by atoms with Crippen LogP contribution >= 0.6 is 11.3 Å². The predicted molar refractivity (Wildman–Crippen MR) is 101 cm³/mol. The quantitative estimate of drug-likeness (QED) is 0.712. The van der Waals surface area contributed by atoms with E-state index in [2.05, 4.69) is 32.7 Å². The number of benzene rings is 1. The van der Waals surface area contributed by atoms with Crippen LogP contribution in [0.1, 0.15) is 33.6 Å². The molecule has 0 aliphatic heterocycles. The first-order valence-electron chi connectivity index (χ1n) is 8.55. The van der Waals surface area contributed by atoms with Gasteiger partial charge in [0.2, 0.25) is 0 Å². The smallest absolute Gasteiger partial charge is 0.261 e. The molecule has 6 heteroatoms. The van der Waals surface area contributed by atoms with Gasteiger partial charge in [0.15, 0.2) is 0 Å². The third kappa shape index (κ3) is 3.49. The van der Waals surface area contributed by atoms with Crippen LogP contribution in [0.4, 0.5) is 5.82 Å². The maximum absolute atomic E-state index is 12.4. The van der Waals surface area contributed by atoms with Gasteiger partial charge in [0.25, 0.3) is 5.91 Å². The molecule has 1 aliphatic rings. The average Bonchev–Trinajstić information content (AvgIpc) is 3.37. The van der Waals surface area contributed by atoms with Crippen LogP contribution in [-0.4, -0.2) is 28.5 Å². The Bertz CT molecular complexity index is 902. The van der Waals surface area contributed by atoms with Crippen LogP contribution in [0.5, 0.6) is 0 Å². The van der Waals surface area contributed by atoms with Gasteiger partial charge in [-0.05, 0) is 37.3 Å². The number of carbonyl (C=O) groups excluding carboxylic acids is 1. The fourth-order valence-corrected chi connectivity index (χ4v) is 3.92. The van der Waals surface area contributed by atoms with E-state index in [1.54, 1.807) is 6.33 Å². The molecule has 1 aliphatic carbocycles. The lowest BCUT2D eigenvalue weighted by atomic mass is 10.1. The second-order valence-corrected chi connectivity index (χ2v) is 7.37. The Morgan fingerprint density at radius 3 is 2.80 bits per heavy atom. The molecule has 0 unspecified atom stereocenters. The van der Waals surface area contributed by atoms with E-state index in [9.17, 15) is 4.79 Å². The molecule has 4 rings (SSSR count). The van der Waals surface area contributed by atoms with E-state index in [4.69, 9.17) is 0 Å². The summed E-state index contributed by atoms with van der Waals surface area (Å²) >= 11 is 1.44. The standard InChI is InChI=1S/C19H20N4OS/c1-12-15-17(20-10-9-13-5-3-2-4-6-13)21-11-22-19(15)25-16(12)18(24)23-14-7-8-14/h2-6,11,14H,7-10H2,1H3,(H,23,24)(H,20,21,22). The van der Waals surface area contributed by atoms with E-state index >= 15 is 0 Å². The molecule has 25 heavy (non-hydrogen) atoms. The Hall–Kier alpha value is -2.47. The van der Waals surface area contributed by atoms with Crippen LogP contribution < -0.4 is 10.6 Å². The first kappa shape index (κ1) is 16.0. The van der Waals surface area contributed by atoms with Gasteiger partial charge in [0.1, 0.15) is 17.0 Å². The van der Waals surface area contributed by atoms with Crippen molar-refractivity contribution in [3.8, 4) is 0 Å². The minimum absolute atomic E-state index is 0.0123. The topological polar surface area (TPSA) is 66.9 Å². The monoisotopic (exact) mass is 352 g/mol. The van der Waals surface area contributed by atoms with Crippen molar-refractivity contribution in [1.82, 2.24) is 15.3 Å². The normalized spacial score (nSPS) is 13.8. The van der Waals surface area contributed by atoms with E-state index in [1.165, 1.54) is 16.9 Å². The van der Waals surface area contributed by atoms with Crippen molar-refractivity contribution < 1.29 is 4.79 Å². The fourth-order valence-electron chi connectivity index (χ4n) is 2.87. The lowest BCUT2D eigenvalue weighted by molar-refractivity contribution is 0.0954. The van der Waals surface area contributed by atoms with Crippen molar-refractivity contribution in [2.45, 2.75) is 32.2 Å². The molecule has 2 N–H and O–H groups in total. The summed E-state index contributed by atoms with van der Waals surface area (Å²) in [7, 11) is 0. The third-order valence-corrected chi connectivity index (χ3v) is 5.59. The molecule has 5 nitrogen and oxygen atoms in total. The SMILES string of the molecule is Cc1c(C(=O)NC2CC2)sc2ncnc(NCCc3ccccc3)c12. The van der Waals surface area contributed by atoms with Crippen LogP contribution in [0.3, 0.4) is 0 Å². The number of aryl methyl sites for hydroxylation is 1. The van der Waals surface area contributed by atoms with Crippen molar-refractivity contribution in [1.29, 1.82) is 0 Å². The number of aromatic nitrogens is 2. The third-order valence-electron chi connectivity index (χ3n) is 4.39. The molecule has 128 valence electrons. The molecule has 2 aromatic heterocycles. The van der Waals surface area contributed by atoms with Crippen LogP contribution in [0.25, 0.3) is 10.2 Å². The van der Waals surface area contributed by atoms with Crippen LogP contribution in [0, 0.1) is 6.92 Å². The van der Waals surface area contributed by atoms with Gasteiger partial charge in [0.05, 0.1) is 10.3 Å². The summed E-state index contributed by atoms with van der Waals surface area (Å²) in [6.45, 7) is 2.77. The van der Waals surface area contributed by atoms with Crippen LogP contribution in [-0.2, 0) is 6.42 Å². The van der Waals surface area contributed by atoms with Gasteiger partial charge in [-0.1, -0.05) is 30.3 Å². The first-order chi connectivity index (χ1) is 12.2. The molecule has 2 heterocycles. The summed E-state index contributed by atoms with van der Waals surface area (Å²) in [6.07, 6.45) is 4.65. The van der Waals surface area contributed by atoms with Gasteiger partial charge in [-0.3, -0.25) is 4.79 Å². The van der Waals surface area contributed by atoms with Crippen molar-refractivity contribution in [2.75, 3.05) is 11.9 Å². The second kappa shape index (κ2) is 6.80. The minimum atomic E-state index is 0.0123. The fraction of sp³-hybridized carbons (Fsp3) is 0.316. The number of rotatable bonds is 6. The lowest BCUT2D eigenvalue weighted by Crippen LogP contribution is -2.25. The van der Waals surface area contributed by atoms with E-state index in [1.807, 2.05) is 25.1 Å². The highest BCUT2D eigenvalue weighted by Gasteiger charge is 2.26. The molecule has 1 saturated carbocycles. The van der Waals surface area contributed by atoms with Crippen molar-refractivity contribution in [2.24, 2.45) is 0 Å². The summed E-state index contributed by atoms with van der Waals surface area (Å²) in [5.74, 6) is 0.818. The molecular weight excluding hydrogens is 332 g/mol. The summed E-state index contributed by atoms with van der Waals surface area (Å²) in [5, 5.41) is 7.42. The number of nitrogens with zero attached hydrogens (tertiary/aromatic N) is 2. The molecular formula is C19H20N4OS. The maximum atomic E-state index is 12.4. The Kier molecular flexibility index (Phi) is 4.36. The van der Waals surface area contributed by atoms with Gasteiger partial charge in [0, 0.05) is 12.6 Å². The molecule has 0 spiro atoms. The number of carbonyl (C=O) groups is 1. The number of fused-ring (bicyclic) bond motifs is 1. The van der Waals surface area contributed by atoms with Crippen molar-refractivity contribution >= 4 is 33.3 Å². The van der Waals surface area contributed by atoms with Crippen molar-refractivity contribution in [3.63, 3.8) is 0 Å². The molecule has 0 atom stereocenters. The summed E-state index contributed by atoms with van der Waals surface area (Å²) in [4.78, 5) is 22.8. The number of hydrogen-bond donors (Lipinski definition) is 2. The number of hydrogen-bond acceptors (Lipinski definition) is 5. The maximum Gasteiger partial charge on any atom is 0.261 e. The molecule has 0 saturated heterocycles. The molecule has 0 bridgehead atoms. The van der Waals surface area contributed by atoms with Gasteiger partial charge in [-0.2, -0.15) is 0 Å². The van der Waals surface area contributed by atoms with Crippen LogP contribution in [0.2, 0.25) is 0 Å². The highest BCUT2D eigenvalue weighted by atomic mass is 32.1.